The summed E-state index contributed by atoms with van der Waals surface area (Å²) in [5.41, 5.74) is 0.0277. The van der Waals surface area contributed by atoms with Crippen molar-refractivity contribution in [2.45, 2.75) is 32.7 Å². The van der Waals surface area contributed by atoms with Crippen molar-refractivity contribution in [3.05, 3.63) is 35.4 Å². The fourth-order valence-corrected chi connectivity index (χ4v) is 2.67. The van der Waals surface area contributed by atoms with Gasteiger partial charge in [0.25, 0.3) is 0 Å². The van der Waals surface area contributed by atoms with Crippen LogP contribution in [0, 0.1) is 11.6 Å². The molecule has 1 aromatic carbocycles. The number of rotatable bonds is 3. The van der Waals surface area contributed by atoms with Gasteiger partial charge in [0, 0.05) is 0 Å². The van der Waals surface area contributed by atoms with Crippen LogP contribution in [0.25, 0.3) is 0 Å². The van der Waals surface area contributed by atoms with Gasteiger partial charge in [-0.15, -0.1) is 0 Å². The molecule has 1 rings (SSSR count). The summed E-state index contributed by atoms with van der Waals surface area (Å²) in [5, 5.41) is 0. The second kappa shape index (κ2) is 4.41. The highest BCUT2D eigenvalue weighted by atomic mass is 28.4. The lowest BCUT2D eigenvalue weighted by atomic mass is 10.1. The average Bonchev–Trinajstić information content (AvgIpc) is 1.99. The summed E-state index contributed by atoms with van der Waals surface area (Å²) in [6, 6.07) is 3.86. The second-order valence-corrected chi connectivity index (χ2v) is 8.97. The van der Waals surface area contributed by atoms with Crippen molar-refractivity contribution >= 4 is 8.32 Å². The normalized spacial score (nSPS) is 14.0. The van der Waals surface area contributed by atoms with Crippen LogP contribution in [0.2, 0.25) is 19.6 Å². The third kappa shape index (κ3) is 3.39. The predicted molar refractivity (Wildman–Crippen MR) is 59.2 cm³/mol. The first-order valence-corrected chi connectivity index (χ1v) is 8.34. The maximum atomic E-state index is 13.4. The molecule has 1 unspecified atom stereocenters. The van der Waals surface area contributed by atoms with Gasteiger partial charge in [-0.25, -0.2) is 8.78 Å². The van der Waals surface area contributed by atoms with E-state index in [0.29, 0.717) is 0 Å². The Hall–Kier alpha value is -0.743. The summed E-state index contributed by atoms with van der Waals surface area (Å²) < 4.78 is 32.4. The van der Waals surface area contributed by atoms with Crippen molar-refractivity contribution in [1.29, 1.82) is 0 Å². The molecule has 0 fully saturated rings. The van der Waals surface area contributed by atoms with E-state index >= 15 is 0 Å². The van der Waals surface area contributed by atoms with E-state index in [1.54, 1.807) is 6.92 Å². The summed E-state index contributed by atoms with van der Waals surface area (Å²) in [6.07, 6.45) is -0.530. The average molecular weight is 230 g/mol. The van der Waals surface area contributed by atoms with Crippen LogP contribution < -0.4 is 0 Å². The van der Waals surface area contributed by atoms with Gasteiger partial charge in [-0.2, -0.15) is 0 Å². The van der Waals surface area contributed by atoms with Gasteiger partial charge in [0.2, 0.25) is 0 Å². The highest BCUT2D eigenvalue weighted by Crippen LogP contribution is 2.26. The standard InChI is InChI=1S/C11H16F2OSi/c1-8(14-15(2,3)4)11-9(12)6-5-7-10(11)13/h5-8H,1-4H3. The molecule has 0 aliphatic heterocycles. The van der Waals surface area contributed by atoms with E-state index in [9.17, 15) is 8.78 Å². The molecule has 0 heterocycles. The molecule has 15 heavy (non-hydrogen) atoms. The molecule has 1 aromatic rings. The highest BCUT2D eigenvalue weighted by molar-refractivity contribution is 6.69. The van der Waals surface area contributed by atoms with Crippen molar-refractivity contribution in [2.75, 3.05) is 0 Å². The van der Waals surface area contributed by atoms with E-state index in [1.165, 1.54) is 18.2 Å². The van der Waals surface area contributed by atoms with Crippen LogP contribution in [0.5, 0.6) is 0 Å². The van der Waals surface area contributed by atoms with Crippen LogP contribution in [0.4, 0.5) is 8.78 Å². The Morgan fingerprint density at radius 2 is 1.60 bits per heavy atom. The summed E-state index contributed by atoms with van der Waals surface area (Å²) >= 11 is 0. The lowest BCUT2D eigenvalue weighted by Crippen LogP contribution is -2.27. The minimum atomic E-state index is -1.78. The van der Waals surface area contributed by atoms with E-state index < -0.39 is 26.1 Å². The first-order chi connectivity index (χ1) is 6.81. The van der Waals surface area contributed by atoms with Crippen molar-refractivity contribution < 1.29 is 13.2 Å². The molecule has 0 N–H and O–H groups in total. The topological polar surface area (TPSA) is 9.23 Å². The van der Waals surface area contributed by atoms with Crippen molar-refractivity contribution in [3.63, 3.8) is 0 Å². The van der Waals surface area contributed by atoms with Crippen molar-refractivity contribution in [3.8, 4) is 0 Å². The Morgan fingerprint density at radius 1 is 1.13 bits per heavy atom. The maximum absolute atomic E-state index is 13.4. The summed E-state index contributed by atoms with van der Waals surface area (Å²) in [5.74, 6) is -1.08. The van der Waals surface area contributed by atoms with Gasteiger partial charge in [0.15, 0.2) is 8.32 Å². The van der Waals surface area contributed by atoms with Gasteiger partial charge in [0.05, 0.1) is 11.7 Å². The van der Waals surface area contributed by atoms with Crippen molar-refractivity contribution in [2.24, 2.45) is 0 Å². The fourth-order valence-electron chi connectivity index (χ4n) is 1.49. The molecule has 0 aliphatic carbocycles. The van der Waals surface area contributed by atoms with Crippen LogP contribution in [0.1, 0.15) is 18.6 Å². The van der Waals surface area contributed by atoms with Gasteiger partial charge < -0.3 is 4.43 Å². The summed E-state index contributed by atoms with van der Waals surface area (Å²) in [4.78, 5) is 0. The Bertz CT molecular complexity index is 327. The zero-order valence-corrected chi connectivity index (χ0v) is 10.5. The molecule has 0 saturated heterocycles. The van der Waals surface area contributed by atoms with Crippen LogP contribution in [0.15, 0.2) is 18.2 Å². The third-order valence-corrected chi connectivity index (χ3v) is 3.00. The fraction of sp³-hybridized carbons (Fsp3) is 0.455. The minimum absolute atomic E-state index is 0.0277. The van der Waals surface area contributed by atoms with E-state index in [-0.39, 0.29) is 5.56 Å². The molecule has 0 amide bonds. The number of hydrogen-bond acceptors (Lipinski definition) is 1. The second-order valence-electron chi connectivity index (χ2n) is 4.51. The molecule has 84 valence electrons. The van der Waals surface area contributed by atoms with Gasteiger partial charge in [0.1, 0.15) is 11.6 Å². The zero-order chi connectivity index (χ0) is 11.6. The van der Waals surface area contributed by atoms with Gasteiger partial charge >= 0.3 is 0 Å². The monoisotopic (exact) mass is 230 g/mol. The van der Waals surface area contributed by atoms with Crippen LogP contribution in [-0.2, 0) is 4.43 Å². The Balaban J connectivity index is 2.96. The van der Waals surface area contributed by atoms with Gasteiger partial charge in [-0.1, -0.05) is 6.07 Å². The van der Waals surface area contributed by atoms with Gasteiger partial charge in [-0.05, 0) is 38.7 Å². The quantitative estimate of drug-likeness (QED) is 0.716. The summed E-state index contributed by atoms with van der Waals surface area (Å²) in [6.45, 7) is 7.65. The minimum Gasteiger partial charge on any atom is -0.411 e. The molecular weight excluding hydrogens is 214 g/mol. The lowest BCUT2D eigenvalue weighted by molar-refractivity contribution is 0.208. The maximum Gasteiger partial charge on any atom is 0.184 e. The molecule has 1 atom stereocenters. The zero-order valence-electron chi connectivity index (χ0n) is 9.47. The SMILES string of the molecule is CC(O[Si](C)(C)C)c1c(F)cccc1F. The Labute approximate surface area is 90.2 Å². The van der Waals surface area contributed by atoms with E-state index in [2.05, 4.69) is 0 Å². The molecule has 4 heteroatoms. The molecule has 0 aliphatic rings. The van der Waals surface area contributed by atoms with E-state index in [4.69, 9.17) is 4.43 Å². The number of hydrogen-bond donors (Lipinski definition) is 0. The van der Waals surface area contributed by atoms with Crippen LogP contribution in [-0.4, -0.2) is 8.32 Å². The third-order valence-electron chi connectivity index (χ3n) is 1.94. The van der Waals surface area contributed by atoms with E-state index in [1.807, 2.05) is 19.6 Å². The predicted octanol–water partition coefficient (Wildman–Crippen LogP) is 3.88. The van der Waals surface area contributed by atoms with Gasteiger partial charge in [-0.3, -0.25) is 0 Å². The van der Waals surface area contributed by atoms with E-state index in [0.717, 1.165) is 0 Å². The largest absolute Gasteiger partial charge is 0.411 e. The molecular formula is C11H16F2OSi. The first kappa shape index (κ1) is 12.3. The number of benzene rings is 1. The Morgan fingerprint density at radius 3 is 2.00 bits per heavy atom. The summed E-state index contributed by atoms with van der Waals surface area (Å²) in [7, 11) is -1.78. The molecule has 0 saturated carbocycles. The highest BCUT2D eigenvalue weighted by Gasteiger charge is 2.23. The molecule has 0 bridgehead atoms. The van der Waals surface area contributed by atoms with Crippen LogP contribution >= 0.6 is 0 Å². The van der Waals surface area contributed by atoms with Crippen molar-refractivity contribution in [1.82, 2.24) is 0 Å². The Kier molecular flexibility index (Phi) is 3.62. The first-order valence-electron chi connectivity index (χ1n) is 4.93. The molecule has 0 aromatic heterocycles. The molecule has 0 radical (unpaired) electrons. The smallest absolute Gasteiger partial charge is 0.184 e. The molecule has 1 nitrogen and oxygen atoms in total. The lowest BCUT2D eigenvalue weighted by Gasteiger charge is -2.24. The van der Waals surface area contributed by atoms with Crippen LogP contribution in [0.3, 0.4) is 0 Å². The molecule has 0 spiro atoms. The number of halogens is 2.